The molecule has 0 bridgehead atoms. The van der Waals surface area contributed by atoms with Crippen molar-refractivity contribution in [1.82, 2.24) is 14.9 Å². The van der Waals surface area contributed by atoms with Crippen LogP contribution in [0, 0.1) is 11.3 Å². The fourth-order valence-corrected chi connectivity index (χ4v) is 2.96. The van der Waals surface area contributed by atoms with E-state index in [0.717, 1.165) is 0 Å². The van der Waals surface area contributed by atoms with Gasteiger partial charge in [-0.05, 0) is 0 Å². The van der Waals surface area contributed by atoms with E-state index in [0.29, 0.717) is 26.3 Å². The molecule has 180 valence electrons. The van der Waals surface area contributed by atoms with Crippen molar-refractivity contribution in [3.63, 3.8) is 0 Å². The Kier molecular flexibility index (Phi) is 13.0. The van der Waals surface area contributed by atoms with Crippen LogP contribution in [0.1, 0.15) is 53.9 Å². The molecular weight excluding hydrogens is 406 g/mol. The van der Waals surface area contributed by atoms with Crippen LogP contribution in [0.2, 0.25) is 0 Å². The Hall–Kier alpha value is -2.20. The van der Waals surface area contributed by atoms with Crippen LogP contribution in [0.4, 0.5) is 0 Å². The molecule has 0 aromatic heterocycles. The van der Waals surface area contributed by atoms with Crippen molar-refractivity contribution in [3.8, 4) is 0 Å². The molecule has 31 heavy (non-hydrogen) atoms. The van der Waals surface area contributed by atoms with Crippen LogP contribution >= 0.6 is 0 Å². The number of amides is 2. The standard InChI is InChI=1S/C21H39N3O7/c1-7-17(25)24(11-9-19(28)29)22(6)12-13-31-15-21(4,5)14-23(10-8-18(26)27)20(30)16(2)3/h16H,7-15H2,1-6H3,(H,26,27)(H,28,29). The molecule has 0 aromatic carbocycles. The molecule has 10 nitrogen and oxygen atoms in total. The van der Waals surface area contributed by atoms with E-state index in [4.69, 9.17) is 14.9 Å². The van der Waals surface area contributed by atoms with Crippen LogP contribution in [0.25, 0.3) is 0 Å². The minimum Gasteiger partial charge on any atom is -0.481 e. The summed E-state index contributed by atoms with van der Waals surface area (Å²) < 4.78 is 5.77. The maximum absolute atomic E-state index is 12.4. The molecule has 0 spiro atoms. The maximum atomic E-state index is 12.4. The number of carboxylic acid groups (broad SMARTS) is 2. The molecular formula is C21H39N3O7. The Balaban J connectivity index is 4.73. The zero-order valence-corrected chi connectivity index (χ0v) is 19.7. The molecule has 0 aromatic rings. The predicted octanol–water partition coefficient (Wildman–Crippen LogP) is 1.55. The van der Waals surface area contributed by atoms with Gasteiger partial charge in [-0.15, -0.1) is 0 Å². The van der Waals surface area contributed by atoms with Gasteiger partial charge in [0.25, 0.3) is 0 Å². The van der Waals surface area contributed by atoms with Crippen LogP contribution in [0.15, 0.2) is 0 Å². The predicted molar refractivity (Wildman–Crippen MR) is 115 cm³/mol. The normalized spacial score (nSPS) is 11.6. The van der Waals surface area contributed by atoms with Crippen molar-refractivity contribution >= 4 is 23.8 Å². The zero-order chi connectivity index (χ0) is 24.2. The summed E-state index contributed by atoms with van der Waals surface area (Å²) in [5.41, 5.74) is -0.399. The number of ether oxygens (including phenoxy) is 1. The molecule has 0 heterocycles. The molecule has 2 N–H and O–H groups in total. The zero-order valence-electron chi connectivity index (χ0n) is 19.7. The highest BCUT2D eigenvalue weighted by Gasteiger charge is 2.27. The highest BCUT2D eigenvalue weighted by molar-refractivity contribution is 5.79. The molecule has 0 saturated carbocycles. The summed E-state index contributed by atoms with van der Waals surface area (Å²) in [6, 6.07) is 0. The molecule has 0 aliphatic heterocycles. The van der Waals surface area contributed by atoms with Crippen molar-refractivity contribution in [2.45, 2.75) is 53.9 Å². The number of aliphatic carboxylic acids is 2. The Morgan fingerprint density at radius 3 is 2.00 bits per heavy atom. The molecule has 0 radical (unpaired) electrons. The second kappa shape index (κ2) is 14.0. The molecule has 0 aliphatic carbocycles. The lowest BCUT2D eigenvalue weighted by atomic mass is 9.93. The number of likely N-dealkylation sites (N-methyl/N-ethyl adjacent to an activating group) is 1. The number of carbonyl (C=O) groups is 4. The highest BCUT2D eigenvalue weighted by Crippen LogP contribution is 2.19. The average molecular weight is 446 g/mol. The van der Waals surface area contributed by atoms with Crippen LogP contribution in [-0.4, -0.2) is 95.3 Å². The number of rotatable bonds is 16. The third-order valence-corrected chi connectivity index (χ3v) is 4.61. The number of hydrogen-bond donors (Lipinski definition) is 2. The first kappa shape index (κ1) is 28.8. The van der Waals surface area contributed by atoms with Gasteiger partial charge in [0, 0.05) is 51.0 Å². The largest absolute Gasteiger partial charge is 0.481 e. The van der Waals surface area contributed by atoms with Gasteiger partial charge in [0.1, 0.15) is 0 Å². The lowest BCUT2D eigenvalue weighted by Gasteiger charge is -2.34. The number of carboxylic acids is 2. The average Bonchev–Trinajstić information content (AvgIpc) is 2.67. The summed E-state index contributed by atoms with van der Waals surface area (Å²) >= 11 is 0. The van der Waals surface area contributed by atoms with Crippen LogP contribution in [0.5, 0.6) is 0 Å². The maximum Gasteiger partial charge on any atom is 0.305 e. The van der Waals surface area contributed by atoms with E-state index >= 15 is 0 Å². The molecule has 0 unspecified atom stereocenters. The Morgan fingerprint density at radius 1 is 0.968 bits per heavy atom. The minimum atomic E-state index is -0.969. The van der Waals surface area contributed by atoms with Crippen molar-refractivity contribution in [2.24, 2.45) is 11.3 Å². The number of hydrazine groups is 1. The van der Waals surface area contributed by atoms with Gasteiger partial charge in [-0.3, -0.25) is 24.2 Å². The van der Waals surface area contributed by atoms with E-state index in [-0.39, 0.29) is 50.1 Å². The summed E-state index contributed by atoms with van der Waals surface area (Å²) in [5.74, 6) is -2.41. The van der Waals surface area contributed by atoms with Gasteiger partial charge in [-0.1, -0.05) is 34.6 Å². The Morgan fingerprint density at radius 2 is 1.52 bits per heavy atom. The summed E-state index contributed by atoms with van der Waals surface area (Å²) in [6.07, 6.45) is 0.0196. The van der Waals surface area contributed by atoms with Gasteiger partial charge in [0.2, 0.25) is 11.8 Å². The van der Waals surface area contributed by atoms with Gasteiger partial charge < -0.3 is 19.8 Å². The second-order valence-corrected chi connectivity index (χ2v) is 8.67. The quantitative estimate of drug-likeness (QED) is 0.271. The van der Waals surface area contributed by atoms with E-state index in [1.807, 2.05) is 13.8 Å². The van der Waals surface area contributed by atoms with Crippen LogP contribution in [-0.2, 0) is 23.9 Å². The first-order chi connectivity index (χ1) is 14.3. The van der Waals surface area contributed by atoms with E-state index in [1.165, 1.54) is 5.01 Å². The minimum absolute atomic E-state index is 0.0961. The monoisotopic (exact) mass is 445 g/mol. The number of nitrogens with zero attached hydrogens (tertiary/aromatic N) is 3. The number of hydrogen-bond acceptors (Lipinski definition) is 6. The Bertz CT molecular complexity index is 608. The molecule has 0 rings (SSSR count). The third kappa shape index (κ3) is 12.3. The molecule has 0 atom stereocenters. The van der Waals surface area contributed by atoms with Gasteiger partial charge in [-0.25, -0.2) is 5.01 Å². The van der Waals surface area contributed by atoms with E-state index in [1.54, 1.807) is 37.7 Å². The van der Waals surface area contributed by atoms with Crippen LogP contribution in [0.3, 0.4) is 0 Å². The van der Waals surface area contributed by atoms with Crippen molar-refractivity contribution in [3.05, 3.63) is 0 Å². The van der Waals surface area contributed by atoms with Gasteiger partial charge in [0.05, 0.1) is 26.1 Å². The van der Waals surface area contributed by atoms with Gasteiger partial charge in [-0.2, -0.15) is 0 Å². The fourth-order valence-electron chi connectivity index (χ4n) is 2.96. The third-order valence-electron chi connectivity index (χ3n) is 4.61. The van der Waals surface area contributed by atoms with E-state index in [9.17, 15) is 19.2 Å². The molecule has 10 heteroatoms. The number of carbonyl (C=O) groups excluding carboxylic acids is 2. The topological polar surface area (TPSA) is 128 Å². The summed E-state index contributed by atoms with van der Waals surface area (Å²) in [5, 5.41) is 20.9. The molecule has 2 amide bonds. The lowest BCUT2D eigenvalue weighted by Crippen LogP contribution is -2.47. The van der Waals surface area contributed by atoms with E-state index in [2.05, 4.69) is 0 Å². The molecule has 0 saturated heterocycles. The first-order valence-corrected chi connectivity index (χ1v) is 10.6. The van der Waals surface area contributed by atoms with Crippen molar-refractivity contribution in [2.75, 3.05) is 46.4 Å². The van der Waals surface area contributed by atoms with Crippen molar-refractivity contribution in [1.29, 1.82) is 0 Å². The van der Waals surface area contributed by atoms with Gasteiger partial charge in [0.15, 0.2) is 0 Å². The lowest BCUT2D eigenvalue weighted by molar-refractivity contribution is -0.150. The summed E-state index contributed by atoms with van der Waals surface area (Å²) in [7, 11) is 1.71. The highest BCUT2D eigenvalue weighted by atomic mass is 16.5. The van der Waals surface area contributed by atoms with Gasteiger partial charge >= 0.3 is 11.9 Å². The Labute approximate surface area is 185 Å². The summed E-state index contributed by atoms with van der Waals surface area (Å²) in [6.45, 7) is 10.8. The SMILES string of the molecule is CCC(=O)N(CCC(=O)O)N(C)CCOCC(C)(C)CN(CCC(=O)O)C(=O)C(C)C. The fraction of sp³-hybridized carbons (Fsp3) is 0.810. The second-order valence-electron chi connectivity index (χ2n) is 8.67. The van der Waals surface area contributed by atoms with E-state index < -0.39 is 17.4 Å². The van der Waals surface area contributed by atoms with Crippen molar-refractivity contribution < 1.29 is 34.1 Å². The first-order valence-electron chi connectivity index (χ1n) is 10.6. The smallest absolute Gasteiger partial charge is 0.305 e. The molecule has 0 aliphatic rings. The summed E-state index contributed by atoms with van der Waals surface area (Å²) in [4.78, 5) is 47.8. The molecule has 0 fully saturated rings. The van der Waals surface area contributed by atoms with Crippen LogP contribution < -0.4 is 0 Å².